The molecule has 0 aromatic carbocycles. The second-order valence-corrected chi connectivity index (χ2v) is 8.17. The van der Waals surface area contributed by atoms with Crippen molar-refractivity contribution in [1.29, 1.82) is 0 Å². The Morgan fingerprint density at radius 3 is 2.78 bits per heavy atom. The number of amides is 1. The summed E-state index contributed by atoms with van der Waals surface area (Å²) in [5.74, 6) is 1.24. The van der Waals surface area contributed by atoms with E-state index >= 15 is 0 Å². The van der Waals surface area contributed by atoms with E-state index in [1.54, 1.807) is 0 Å². The van der Waals surface area contributed by atoms with Crippen molar-refractivity contribution in [2.75, 3.05) is 38.2 Å². The first-order chi connectivity index (χ1) is 13.1. The minimum Gasteiger partial charge on any atom is -0.371 e. The standard InChI is InChI=1S/C20H30N4O3/c1-15-10-22-19(23-11-15)21-8-6-16-7-9-27-20(16)13-24(14-20)18(25)12-26-17-4-2-3-5-17/h10-11,16-17H,2-9,12-14H2,1H3,(H,21,22,23). The summed E-state index contributed by atoms with van der Waals surface area (Å²) in [4.78, 5) is 22.8. The van der Waals surface area contributed by atoms with Gasteiger partial charge >= 0.3 is 0 Å². The largest absolute Gasteiger partial charge is 0.371 e. The van der Waals surface area contributed by atoms with Gasteiger partial charge in [-0.25, -0.2) is 9.97 Å². The smallest absolute Gasteiger partial charge is 0.248 e. The third-order valence-electron chi connectivity index (χ3n) is 6.17. The number of aryl methyl sites for hydroxylation is 1. The van der Waals surface area contributed by atoms with Crippen molar-refractivity contribution in [1.82, 2.24) is 14.9 Å². The summed E-state index contributed by atoms with van der Waals surface area (Å²) >= 11 is 0. The molecule has 1 aromatic heterocycles. The van der Waals surface area contributed by atoms with E-state index in [-0.39, 0.29) is 24.2 Å². The zero-order valence-electron chi connectivity index (χ0n) is 16.2. The lowest BCUT2D eigenvalue weighted by atomic mass is 9.79. The quantitative estimate of drug-likeness (QED) is 0.788. The Morgan fingerprint density at radius 1 is 1.30 bits per heavy atom. The molecule has 2 aliphatic heterocycles. The molecule has 3 aliphatic rings. The van der Waals surface area contributed by atoms with Crippen LogP contribution in [-0.4, -0.2) is 65.3 Å². The van der Waals surface area contributed by atoms with Crippen molar-refractivity contribution in [2.24, 2.45) is 5.92 Å². The first-order valence-corrected chi connectivity index (χ1v) is 10.2. The van der Waals surface area contributed by atoms with Gasteiger partial charge in [-0.3, -0.25) is 4.79 Å². The van der Waals surface area contributed by atoms with Gasteiger partial charge in [0.15, 0.2) is 0 Å². The summed E-state index contributed by atoms with van der Waals surface area (Å²) in [6.07, 6.45) is 10.6. The Bertz CT molecular complexity index is 639. The summed E-state index contributed by atoms with van der Waals surface area (Å²) in [7, 11) is 0. The molecule has 1 saturated carbocycles. The van der Waals surface area contributed by atoms with Gasteiger partial charge in [-0.05, 0) is 44.1 Å². The molecule has 3 fully saturated rings. The Hall–Kier alpha value is -1.73. The van der Waals surface area contributed by atoms with E-state index in [9.17, 15) is 4.79 Å². The molecule has 1 aromatic rings. The Kier molecular flexibility index (Phi) is 5.59. The van der Waals surface area contributed by atoms with Crippen LogP contribution in [-0.2, 0) is 14.3 Å². The Labute approximate surface area is 160 Å². The van der Waals surface area contributed by atoms with Gasteiger partial charge in [-0.2, -0.15) is 0 Å². The number of nitrogens with one attached hydrogen (secondary N) is 1. The van der Waals surface area contributed by atoms with E-state index in [0.29, 0.717) is 25.0 Å². The highest BCUT2D eigenvalue weighted by Gasteiger charge is 2.54. The fourth-order valence-electron chi connectivity index (χ4n) is 4.50. The van der Waals surface area contributed by atoms with Crippen LogP contribution in [0.2, 0.25) is 0 Å². The van der Waals surface area contributed by atoms with Crippen molar-refractivity contribution in [2.45, 2.75) is 57.2 Å². The van der Waals surface area contributed by atoms with Crippen LogP contribution in [0.1, 0.15) is 44.1 Å². The fraction of sp³-hybridized carbons (Fsp3) is 0.750. The van der Waals surface area contributed by atoms with Gasteiger partial charge in [0.1, 0.15) is 12.2 Å². The summed E-state index contributed by atoms with van der Waals surface area (Å²) in [5, 5.41) is 3.29. The maximum Gasteiger partial charge on any atom is 0.248 e. The molecule has 7 nitrogen and oxygen atoms in total. The average molecular weight is 374 g/mol. The van der Waals surface area contributed by atoms with Gasteiger partial charge in [0.2, 0.25) is 11.9 Å². The van der Waals surface area contributed by atoms with Gasteiger partial charge in [0, 0.05) is 25.5 Å². The molecule has 27 heavy (non-hydrogen) atoms. The maximum atomic E-state index is 12.4. The molecule has 0 bridgehead atoms. The topological polar surface area (TPSA) is 76.6 Å². The van der Waals surface area contributed by atoms with Gasteiger partial charge in [0.05, 0.1) is 19.2 Å². The molecule has 4 rings (SSSR count). The summed E-state index contributed by atoms with van der Waals surface area (Å²) in [6, 6.07) is 0. The predicted octanol–water partition coefficient (Wildman–Crippen LogP) is 2.16. The highest BCUT2D eigenvalue weighted by Crippen LogP contribution is 2.41. The van der Waals surface area contributed by atoms with E-state index in [1.165, 1.54) is 12.8 Å². The minimum atomic E-state index is -0.154. The predicted molar refractivity (Wildman–Crippen MR) is 101 cm³/mol. The van der Waals surface area contributed by atoms with E-state index in [4.69, 9.17) is 9.47 Å². The first kappa shape index (κ1) is 18.6. The van der Waals surface area contributed by atoms with Gasteiger partial charge < -0.3 is 19.7 Å². The van der Waals surface area contributed by atoms with Gasteiger partial charge in [-0.15, -0.1) is 0 Å². The lowest BCUT2D eigenvalue weighted by molar-refractivity contribution is -0.170. The molecule has 3 heterocycles. The van der Waals surface area contributed by atoms with Crippen molar-refractivity contribution in [3.8, 4) is 0 Å². The molecule has 1 atom stereocenters. The third-order valence-corrected chi connectivity index (χ3v) is 6.17. The molecule has 148 valence electrons. The second kappa shape index (κ2) is 8.10. The molecule has 0 radical (unpaired) electrons. The van der Waals surface area contributed by atoms with Crippen LogP contribution < -0.4 is 5.32 Å². The van der Waals surface area contributed by atoms with E-state index in [1.807, 2.05) is 24.2 Å². The summed E-state index contributed by atoms with van der Waals surface area (Å²) < 4.78 is 11.8. The van der Waals surface area contributed by atoms with Gasteiger partial charge in [-0.1, -0.05) is 12.8 Å². The minimum absolute atomic E-state index is 0.105. The number of likely N-dealkylation sites (tertiary alicyclic amines) is 1. The van der Waals surface area contributed by atoms with Crippen molar-refractivity contribution in [3.63, 3.8) is 0 Å². The molecular weight excluding hydrogens is 344 g/mol. The van der Waals surface area contributed by atoms with Gasteiger partial charge in [0.25, 0.3) is 0 Å². The number of ether oxygens (including phenoxy) is 2. The highest BCUT2D eigenvalue weighted by molar-refractivity contribution is 5.78. The highest BCUT2D eigenvalue weighted by atomic mass is 16.5. The average Bonchev–Trinajstić information content (AvgIpc) is 3.30. The molecule has 7 heteroatoms. The number of hydrogen-bond acceptors (Lipinski definition) is 6. The lowest BCUT2D eigenvalue weighted by Gasteiger charge is -2.50. The number of carbonyl (C=O) groups excluding carboxylic acids is 1. The number of anilines is 1. The van der Waals surface area contributed by atoms with Crippen LogP contribution in [0.5, 0.6) is 0 Å². The van der Waals surface area contributed by atoms with E-state index in [2.05, 4.69) is 15.3 Å². The normalized spacial score (nSPS) is 24.3. The van der Waals surface area contributed by atoms with Crippen molar-refractivity contribution in [3.05, 3.63) is 18.0 Å². The summed E-state index contributed by atoms with van der Waals surface area (Å²) in [5.41, 5.74) is 0.901. The molecule has 1 unspecified atom stereocenters. The molecule has 1 amide bonds. The molecule has 1 aliphatic carbocycles. The summed E-state index contributed by atoms with van der Waals surface area (Å²) in [6.45, 7) is 5.20. The fourth-order valence-corrected chi connectivity index (χ4v) is 4.50. The van der Waals surface area contributed by atoms with Crippen LogP contribution in [0, 0.1) is 12.8 Å². The van der Waals surface area contributed by atoms with Crippen LogP contribution in [0.4, 0.5) is 5.95 Å². The zero-order chi connectivity index (χ0) is 18.7. The third kappa shape index (κ3) is 4.24. The van der Waals surface area contributed by atoms with Crippen molar-refractivity contribution >= 4 is 11.9 Å². The molecule has 1 N–H and O–H groups in total. The Balaban J connectivity index is 1.20. The van der Waals surface area contributed by atoms with Crippen LogP contribution in [0.3, 0.4) is 0 Å². The second-order valence-electron chi connectivity index (χ2n) is 8.17. The zero-order valence-corrected chi connectivity index (χ0v) is 16.2. The SMILES string of the molecule is Cc1cnc(NCCC2CCOC23CN(C(=O)COC2CCCC2)C3)nc1. The van der Waals surface area contributed by atoms with Crippen LogP contribution >= 0.6 is 0 Å². The monoisotopic (exact) mass is 374 g/mol. The molecular formula is C20H30N4O3. The number of hydrogen-bond donors (Lipinski definition) is 1. The van der Waals surface area contributed by atoms with Crippen LogP contribution in [0.25, 0.3) is 0 Å². The molecule has 2 saturated heterocycles. The number of aromatic nitrogens is 2. The number of carbonyl (C=O) groups is 1. The lowest BCUT2D eigenvalue weighted by Crippen LogP contribution is -2.66. The molecule has 1 spiro atoms. The number of nitrogens with zero attached hydrogens (tertiary/aromatic N) is 3. The van der Waals surface area contributed by atoms with E-state index in [0.717, 1.165) is 44.4 Å². The van der Waals surface area contributed by atoms with Crippen LogP contribution in [0.15, 0.2) is 12.4 Å². The Morgan fingerprint density at radius 2 is 2.04 bits per heavy atom. The number of rotatable bonds is 7. The first-order valence-electron chi connectivity index (χ1n) is 10.2. The van der Waals surface area contributed by atoms with E-state index < -0.39 is 0 Å². The van der Waals surface area contributed by atoms with Crippen molar-refractivity contribution < 1.29 is 14.3 Å². The maximum absolute atomic E-state index is 12.4.